The van der Waals surface area contributed by atoms with Crippen molar-refractivity contribution < 1.29 is 9.59 Å². The van der Waals surface area contributed by atoms with Gasteiger partial charge in [0, 0.05) is 12.6 Å². The first-order valence-corrected chi connectivity index (χ1v) is 4.50. The number of aryl methyl sites for hydroxylation is 1. The van der Waals surface area contributed by atoms with E-state index in [1.807, 2.05) is 25.1 Å². The molecule has 1 aliphatic heterocycles. The van der Waals surface area contributed by atoms with Crippen molar-refractivity contribution in [2.75, 3.05) is 11.9 Å². The first-order valence-electron chi connectivity index (χ1n) is 4.50. The zero-order valence-corrected chi connectivity index (χ0v) is 8.20. The molecule has 72 valence electrons. The first-order chi connectivity index (χ1) is 6.59. The van der Waals surface area contributed by atoms with Crippen LogP contribution in [0, 0.1) is 6.92 Å². The molecule has 0 saturated heterocycles. The molecule has 0 saturated carbocycles. The number of Topliss-reactive ketones (excluding diaryl/α,β-unsaturated/α-hetero) is 1. The highest BCUT2D eigenvalue weighted by Gasteiger charge is 2.26. The molecule has 0 atom stereocenters. The van der Waals surface area contributed by atoms with Gasteiger partial charge in [-0.1, -0.05) is 11.6 Å². The Morgan fingerprint density at radius 3 is 2.71 bits per heavy atom. The van der Waals surface area contributed by atoms with Crippen molar-refractivity contribution >= 4 is 17.4 Å². The Hall–Kier alpha value is -1.64. The molecule has 0 spiro atoms. The first kappa shape index (κ1) is 8.94. The van der Waals surface area contributed by atoms with Crippen LogP contribution >= 0.6 is 0 Å². The average molecular weight is 189 g/mol. The molecule has 0 unspecified atom stereocenters. The summed E-state index contributed by atoms with van der Waals surface area (Å²) in [6.07, 6.45) is -0.00699. The van der Waals surface area contributed by atoms with Crippen LogP contribution in [0.5, 0.6) is 0 Å². The third kappa shape index (κ3) is 1.21. The predicted molar refractivity (Wildman–Crippen MR) is 53.5 cm³/mol. The summed E-state index contributed by atoms with van der Waals surface area (Å²) in [6.45, 7) is 1.93. The van der Waals surface area contributed by atoms with E-state index in [1.165, 1.54) is 4.90 Å². The van der Waals surface area contributed by atoms with E-state index < -0.39 is 0 Å². The van der Waals surface area contributed by atoms with Gasteiger partial charge in [0.1, 0.15) is 0 Å². The molecule has 3 nitrogen and oxygen atoms in total. The fourth-order valence-electron chi connectivity index (χ4n) is 1.65. The maximum atomic E-state index is 11.5. The van der Waals surface area contributed by atoms with Crippen molar-refractivity contribution in [3.63, 3.8) is 0 Å². The van der Waals surface area contributed by atoms with Crippen LogP contribution in [0.25, 0.3) is 0 Å². The van der Waals surface area contributed by atoms with Crippen molar-refractivity contribution in [1.29, 1.82) is 0 Å². The largest absolute Gasteiger partial charge is 0.314 e. The second-order valence-corrected chi connectivity index (χ2v) is 3.57. The van der Waals surface area contributed by atoms with Gasteiger partial charge in [-0.3, -0.25) is 9.59 Å². The number of ketones is 1. The van der Waals surface area contributed by atoms with Gasteiger partial charge in [0.2, 0.25) is 5.91 Å². The van der Waals surface area contributed by atoms with E-state index >= 15 is 0 Å². The van der Waals surface area contributed by atoms with Crippen LogP contribution < -0.4 is 4.90 Å². The monoisotopic (exact) mass is 189 g/mol. The highest BCUT2D eigenvalue weighted by atomic mass is 16.2. The molecule has 1 aliphatic rings. The fraction of sp³-hybridized carbons (Fsp3) is 0.273. The third-order valence-corrected chi connectivity index (χ3v) is 2.50. The van der Waals surface area contributed by atoms with E-state index in [9.17, 15) is 9.59 Å². The lowest BCUT2D eigenvalue weighted by atomic mass is 9.98. The Morgan fingerprint density at radius 1 is 1.29 bits per heavy atom. The van der Waals surface area contributed by atoms with Crippen LogP contribution in [-0.4, -0.2) is 18.7 Å². The number of carbonyl (C=O) groups excluding carboxylic acids is 2. The van der Waals surface area contributed by atoms with E-state index in [0.717, 1.165) is 11.3 Å². The second-order valence-electron chi connectivity index (χ2n) is 3.57. The number of carbonyl (C=O) groups is 2. The topological polar surface area (TPSA) is 37.4 Å². The number of benzene rings is 1. The minimum atomic E-state index is -0.133. The smallest absolute Gasteiger partial charge is 0.234 e. The standard InChI is InChI=1S/C11H11NO2/c1-7-3-4-9-8(5-7)10(13)6-11(14)12(9)2/h3-5H,6H2,1-2H3. The lowest BCUT2D eigenvalue weighted by Crippen LogP contribution is -2.34. The molecule has 3 heteroatoms. The highest BCUT2D eigenvalue weighted by molar-refractivity contribution is 6.19. The van der Waals surface area contributed by atoms with Crippen LogP contribution in [0.2, 0.25) is 0 Å². The van der Waals surface area contributed by atoms with E-state index in [4.69, 9.17) is 0 Å². The van der Waals surface area contributed by atoms with Crippen molar-refractivity contribution in [3.05, 3.63) is 29.3 Å². The normalized spacial score (nSPS) is 15.7. The van der Waals surface area contributed by atoms with E-state index in [1.54, 1.807) is 7.05 Å². The van der Waals surface area contributed by atoms with Crippen molar-refractivity contribution in [2.45, 2.75) is 13.3 Å². The van der Waals surface area contributed by atoms with Crippen LogP contribution in [-0.2, 0) is 4.79 Å². The molecule has 2 rings (SSSR count). The fourth-order valence-corrected chi connectivity index (χ4v) is 1.65. The lowest BCUT2D eigenvalue weighted by molar-refractivity contribution is -0.117. The van der Waals surface area contributed by atoms with Gasteiger partial charge >= 0.3 is 0 Å². The molecular formula is C11H11NO2. The zero-order valence-electron chi connectivity index (χ0n) is 8.20. The molecule has 1 aromatic carbocycles. The van der Waals surface area contributed by atoms with Crippen LogP contribution in [0.4, 0.5) is 5.69 Å². The van der Waals surface area contributed by atoms with Gasteiger partial charge in [-0.2, -0.15) is 0 Å². The van der Waals surface area contributed by atoms with Gasteiger partial charge in [-0.15, -0.1) is 0 Å². The Bertz CT molecular complexity index is 423. The van der Waals surface area contributed by atoms with Gasteiger partial charge in [0.25, 0.3) is 0 Å². The summed E-state index contributed by atoms with van der Waals surface area (Å²) < 4.78 is 0. The van der Waals surface area contributed by atoms with Crippen LogP contribution in [0.15, 0.2) is 18.2 Å². The van der Waals surface area contributed by atoms with E-state index in [-0.39, 0.29) is 18.1 Å². The highest BCUT2D eigenvalue weighted by Crippen LogP contribution is 2.27. The van der Waals surface area contributed by atoms with Crippen molar-refractivity contribution in [2.24, 2.45) is 0 Å². The average Bonchev–Trinajstić information content (AvgIpc) is 2.14. The van der Waals surface area contributed by atoms with Gasteiger partial charge < -0.3 is 4.90 Å². The number of fused-ring (bicyclic) bond motifs is 1. The molecular weight excluding hydrogens is 178 g/mol. The molecule has 0 radical (unpaired) electrons. The zero-order chi connectivity index (χ0) is 10.3. The molecule has 1 aromatic rings. The maximum Gasteiger partial charge on any atom is 0.234 e. The Balaban J connectivity index is 2.61. The maximum absolute atomic E-state index is 11.5. The van der Waals surface area contributed by atoms with Crippen LogP contribution in [0.1, 0.15) is 22.3 Å². The summed E-state index contributed by atoms with van der Waals surface area (Å²) >= 11 is 0. The van der Waals surface area contributed by atoms with Gasteiger partial charge in [0.05, 0.1) is 12.1 Å². The van der Waals surface area contributed by atoms with Crippen molar-refractivity contribution in [1.82, 2.24) is 0 Å². The molecule has 14 heavy (non-hydrogen) atoms. The molecule has 1 heterocycles. The van der Waals surface area contributed by atoms with Gasteiger partial charge in [0.15, 0.2) is 5.78 Å². The second kappa shape index (κ2) is 2.94. The SMILES string of the molecule is Cc1ccc2c(c1)C(=O)CC(=O)N2C. The summed E-state index contributed by atoms with van der Waals surface area (Å²) in [5, 5.41) is 0. The summed E-state index contributed by atoms with van der Waals surface area (Å²) in [4.78, 5) is 24.4. The third-order valence-electron chi connectivity index (χ3n) is 2.50. The number of nitrogens with zero attached hydrogens (tertiary/aromatic N) is 1. The molecule has 0 N–H and O–H groups in total. The molecule has 1 amide bonds. The van der Waals surface area contributed by atoms with Crippen LogP contribution in [0.3, 0.4) is 0 Å². The summed E-state index contributed by atoms with van der Waals surface area (Å²) in [5.41, 5.74) is 2.42. The Kier molecular flexibility index (Phi) is 1.88. The predicted octanol–water partition coefficient (Wildman–Crippen LogP) is 1.54. The van der Waals surface area contributed by atoms with Gasteiger partial charge in [-0.25, -0.2) is 0 Å². The van der Waals surface area contributed by atoms with Crippen molar-refractivity contribution in [3.8, 4) is 0 Å². The number of hydrogen-bond acceptors (Lipinski definition) is 2. The number of amides is 1. The summed E-state index contributed by atoms with van der Waals surface area (Å²) in [6, 6.07) is 5.56. The number of hydrogen-bond donors (Lipinski definition) is 0. The number of anilines is 1. The quantitative estimate of drug-likeness (QED) is 0.580. The minimum absolute atomic E-state index is 0.00699. The van der Waals surface area contributed by atoms with Gasteiger partial charge in [-0.05, 0) is 19.1 Å². The minimum Gasteiger partial charge on any atom is -0.314 e. The summed E-state index contributed by atoms with van der Waals surface area (Å²) in [7, 11) is 1.70. The molecule has 0 bridgehead atoms. The lowest BCUT2D eigenvalue weighted by Gasteiger charge is -2.24. The molecule has 0 fully saturated rings. The number of rotatable bonds is 0. The van der Waals surface area contributed by atoms with E-state index in [2.05, 4.69) is 0 Å². The Morgan fingerprint density at radius 2 is 2.00 bits per heavy atom. The molecule has 0 aliphatic carbocycles. The summed E-state index contributed by atoms with van der Waals surface area (Å²) in [5.74, 6) is -0.210. The van der Waals surface area contributed by atoms with E-state index in [0.29, 0.717) is 5.56 Å². The Labute approximate surface area is 82.3 Å². The molecule has 0 aromatic heterocycles.